The summed E-state index contributed by atoms with van der Waals surface area (Å²) in [6.45, 7) is 0.791. The van der Waals surface area contributed by atoms with E-state index < -0.39 is 35.4 Å². The zero-order valence-corrected chi connectivity index (χ0v) is 10.6. The summed E-state index contributed by atoms with van der Waals surface area (Å²) in [4.78, 5) is 10.7. The number of hydrogen-bond acceptors (Lipinski definition) is 4. The van der Waals surface area contributed by atoms with Crippen molar-refractivity contribution >= 4 is 11.6 Å². The molecule has 20 heavy (non-hydrogen) atoms. The molecule has 0 aliphatic rings. The molecular weight excluding hydrogens is 277 g/mol. The van der Waals surface area contributed by atoms with E-state index in [0.717, 1.165) is 12.1 Å². The van der Waals surface area contributed by atoms with Gasteiger partial charge in [-0.15, -0.1) is 0 Å². The van der Waals surface area contributed by atoms with Gasteiger partial charge in [-0.2, -0.15) is 13.2 Å². The number of rotatable bonds is 4. The first kappa shape index (κ1) is 16.3. The Labute approximate surface area is 113 Å². The molecule has 2 unspecified atom stereocenters. The molecule has 0 bridgehead atoms. The van der Waals surface area contributed by atoms with Gasteiger partial charge in [-0.25, -0.2) is 0 Å². The smallest absolute Gasteiger partial charge is 0.398 e. The van der Waals surface area contributed by atoms with Gasteiger partial charge in [-0.05, 0) is 12.1 Å². The minimum atomic E-state index is -4.71. The lowest BCUT2D eigenvalue weighted by Gasteiger charge is -2.23. The van der Waals surface area contributed by atoms with Crippen molar-refractivity contribution in [2.24, 2.45) is 0 Å². The predicted molar refractivity (Wildman–Crippen MR) is 65.5 cm³/mol. The largest absolute Gasteiger partial charge is 0.416 e. The molecule has 0 radical (unpaired) electrons. The first-order valence-electron chi connectivity index (χ1n) is 5.70. The van der Waals surface area contributed by atoms with Gasteiger partial charge >= 0.3 is 6.18 Å². The van der Waals surface area contributed by atoms with Crippen LogP contribution in [-0.2, 0) is 11.0 Å². The molecule has 0 fully saturated rings. The van der Waals surface area contributed by atoms with Crippen molar-refractivity contribution in [2.45, 2.75) is 25.3 Å². The summed E-state index contributed by atoms with van der Waals surface area (Å²) in [7, 11) is 0. The highest BCUT2D eigenvalue weighted by atomic mass is 19.4. The van der Waals surface area contributed by atoms with Crippen LogP contribution in [0, 0.1) is 0 Å². The van der Waals surface area contributed by atoms with E-state index in [4.69, 9.17) is 5.73 Å². The normalized spacial score (nSPS) is 14.7. The Morgan fingerprint density at radius 1 is 1.40 bits per heavy atom. The zero-order valence-electron chi connectivity index (χ0n) is 10.6. The summed E-state index contributed by atoms with van der Waals surface area (Å²) in [5, 5.41) is 21.7. The molecule has 0 heterocycles. The van der Waals surface area contributed by atoms with Crippen molar-refractivity contribution in [3.05, 3.63) is 29.3 Å². The maximum absolute atomic E-state index is 12.8. The number of alkyl halides is 3. The summed E-state index contributed by atoms with van der Waals surface area (Å²) >= 11 is 0. The summed E-state index contributed by atoms with van der Waals surface area (Å²) in [6.07, 6.45) is -8.18. The van der Waals surface area contributed by atoms with E-state index in [9.17, 15) is 28.2 Å². The second-order valence-electron chi connectivity index (χ2n) is 4.26. The van der Waals surface area contributed by atoms with Gasteiger partial charge in [0.25, 0.3) is 0 Å². The molecule has 0 aliphatic heterocycles. The predicted octanol–water partition coefficient (Wildman–Crippen LogP) is 0.818. The van der Waals surface area contributed by atoms with Crippen LogP contribution in [0.5, 0.6) is 0 Å². The molecule has 112 valence electrons. The highest BCUT2D eigenvalue weighted by Crippen LogP contribution is 2.38. The second-order valence-corrected chi connectivity index (χ2v) is 4.26. The van der Waals surface area contributed by atoms with Gasteiger partial charge in [-0.1, -0.05) is 6.07 Å². The molecule has 0 saturated heterocycles. The number of nitrogens with one attached hydrogen (secondary N) is 1. The lowest BCUT2D eigenvalue weighted by molar-refractivity contribution is -0.140. The van der Waals surface area contributed by atoms with E-state index in [1.807, 2.05) is 0 Å². The number of amides is 1. The number of carbonyl (C=O) groups excluding carboxylic acids is 1. The molecule has 5 nitrogen and oxygen atoms in total. The Kier molecular flexibility index (Phi) is 4.96. The van der Waals surface area contributed by atoms with E-state index in [0.29, 0.717) is 0 Å². The average Bonchev–Trinajstić information content (AvgIpc) is 2.33. The number of benzene rings is 1. The number of nitrogen functional groups attached to an aromatic ring is 1. The van der Waals surface area contributed by atoms with Crippen LogP contribution in [0.2, 0.25) is 0 Å². The monoisotopic (exact) mass is 292 g/mol. The number of halogens is 3. The van der Waals surface area contributed by atoms with Crippen LogP contribution in [0.1, 0.15) is 24.2 Å². The van der Waals surface area contributed by atoms with Gasteiger partial charge in [0, 0.05) is 24.7 Å². The van der Waals surface area contributed by atoms with Gasteiger partial charge in [0.2, 0.25) is 5.91 Å². The van der Waals surface area contributed by atoms with Crippen molar-refractivity contribution < 1.29 is 28.2 Å². The number of nitrogens with two attached hydrogens (primary N) is 1. The Bertz CT molecular complexity index is 491. The first-order chi connectivity index (χ1) is 9.14. The second kappa shape index (κ2) is 6.10. The molecule has 0 aromatic heterocycles. The van der Waals surface area contributed by atoms with Crippen molar-refractivity contribution in [2.75, 3.05) is 12.3 Å². The highest BCUT2D eigenvalue weighted by molar-refractivity contribution is 5.72. The molecule has 8 heteroatoms. The van der Waals surface area contributed by atoms with Gasteiger partial charge in [-0.3, -0.25) is 4.79 Å². The molecule has 1 rings (SSSR count). The Balaban J connectivity index is 3.08. The van der Waals surface area contributed by atoms with Crippen molar-refractivity contribution in [1.82, 2.24) is 5.32 Å². The molecule has 1 aromatic carbocycles. The summed E-state index contributed by atoms with van der Waals surface area (Å²) in [5.41, 5.74) is 3.45. The Morgan fingerprint density at radius 2 is 2.00 bits per heavy atom. The zero-order chi connectivity index (χ0) is 15.5. The van der Waals surface area contributed by atoms with Crippen LogP contribution in [0.25, 0.3) is 0 Å². The van der Waals surface area contributed by atoms with Crippen LogP contribution in [-0.4, -0.2) is 28.8 Å². The third kappa shape index (κ3) is 3.84. The third-order valence-electron chi connectivity index (χ3n) is 2.67. The summed E-state index contributed by atoms with van der Waals surface area (Å²) in [6, 6.07) is 3.06. The average molecular weight is 292 g/mol. The van der Waals surface area contributed by atoms with E-state index in [2.05, 4.69) is 5.32 Å². The van der Waals surface area contributed by atoms with Crippen LogP contribution in [0.3, 0.4) is 0 Å². The number of carbonyl (C=O) groups is 1. The fourth-order valence-electron chi connectivity index (χ4n) is 1.71. The number of aliphatic hydroxyl groups excluding tert-OH is 2. The quantitative estimate of drug-likeness (QED) is 0.618. The van der Waals surface area contributed by atoms with Crippen molar-refractivity contribution in [1.29, 1.82) is 0 Å². The molecule has 1 amide bonds. The lowest BCUT2D eigenvalue weighted by atomic mass is 9.96. The molecule has 1 aromatic rings. The SMILES string of the molecule is CC(=O)NCC(O)C(O)c1c(N)cccc1C(F)(F)F. The topological polar surface area (TPSA) is 95.6 Å². The molecule has 2 atom stereocenters. The van der Waals surface area contributed by atoms with Crippen molar-refractivity contribution in [3.63, 3.8) is 0 Å². The van der Waals surface area contributed by atoms with Gasteiger partial charge < -0.3 is 21.3 Å². The van der Waals surface area contributed by atoms with E-state index >= 15 is 0 Å². The maximum atomic E-state index is 12.8. The highest BCUT2D eigenvalue weighted by Gasteiger charge is 2.37. The number of hydrogen-bond donors (Lipinski definition) is 4. The van der Waals surface area contributed by atoms with Crippen LogP contribution < -0.4 is 11.1 Å². The minimum Gasteiger partial charge on any atom is -0.398 e. The molecule has 0 saturated carbocycles. The molecule has 5 N–H and O–H groups in total. The van der Waals surface area contributed by atoms with Gasteiger partial charge in [0.1, 0.15) is 12.2 Å². The minimum absolute atomic E-state index is 0.283. The van der Waals surface area contributed by atoms with Crippen LogP contribution in [0.4, 0.5) is 18.9 Å². The van der Waals surface area contributed by atoms with Gasteiger partial charge in [0.15, 0.2) is 0 Å². The van der Waals surface area contributed by atoms with Crippen LogP contribution >= 0.6 is 0 Å². The summed E-state index contributed by atoms with van der Waals surface area (Å²) < 4.78 is 38.5. The fraction of sp³-hybridized carbons (Fsp3) is 0.417. The van der Waals surface area contributed by atoms with Crippen LogP contribution in [0.15, 0.2) is 18.2 Å². The third-order valence-corrected chi connectivity index (χ3v) is 2.67. The standard InChI is InChI=1S/C12H15F3N2O3/c1-6(18)17-5-9(19)11(20)10-7(12(13,14)15)3-2-4-8(10)16/h2-4,9,11,19-20H,5,16H2,1H3,(H,17,18). The molecular formula is C12H15F3N2O3. The number of aliphatic hydroxyl groups is 2. The Morgan fingerprint density at radius 3 is 2.50 bits per heavy atom. The molecule has 0 spiro atoms. The van der Waals surface area contributed by atoms with E-state index in [1.54, 1.807) is 0 Å². The maximum Gasteiger partial charge on any atom is 0.416 e. The van der Waals surface area contributed by atoms with Gasteiger partial charge in [0.05, 0.1) is 5.56 Å². The fourth-order valence-corrected chi connectivity index (χ4v) is 1.71. The van der Waals surface area contributed by atoms with E-state index in [-0.39, 0.29) is 12.2 Å². The summed E-state index contributed by atoms with van der Waals surface area (Å²) in [5.74, 6) is -0.478. The lowest BCUT2D eigenvalue weighted by Crippen LogP contribution is -2.35. The van der Waals surface area contributed by atoms with Crippen molar-refractivity contribution in [3.8, 4) is 0 Å². The Hall–Kier alpha value is -1.80. The van der Waals surface area contributed by atoms with E-state index in [1.165, 1.54) is 13.0 Å². The first-order valence-corrected chi connectivity index (χ1v) is 5.70. The molecule has 0 aliphatic carbocycles. The number of anilines is 1.